The quantitative estimate of drug-likeness (QED) is 0.649. The van der Waals surface area contributed by atoms with Crippen LogP contribution >= 0.6 is 23.2 Å². The molecular weight excluding hydrogens is 387 g/mol. The maximum absolute atomic E-state index is 10.4. The van der Waals surface area contributed by atoms with Crippen LogP contribution < -0.4 is 15.0 Å². The van der Waals surface area contributed by atoms with E-state index in [9.17, 15) is 5.11 Å². The summed E-state index contributed by atoms with van der Waals surface area (Å²) >= 11 is 13.1. The Bertz CT molecular complexity index is 1040. The second-order valence-corrected chi connectivity index (χ2v) is 7.44. The molecule has 27 heavy (non-hydrogen) atoms. The molecule has 2 aromatic carbocycles. The molecular formula is C19H16Cl2N4O2. The standard InChI is InChI=1S/C19H16Cl2N4O2/c20-12-2-1-3-14(26)15(12)11-6-13-16-18(17(11)21)27-8-10-7-22-4-5-25(10)19(16)24-9-23-13/h1-3,6,9-10,22,26H,4-5,7-8H2/t10-/m0/s1. The number of fused-ring (bicyclic) bond motifs is 2. The van der Waals surface area contributed by atoms with Gasteiger partial charge < -0.3 is 20.1 Å². The Hall–Kier alpha value is -2.28. The molecule has 3 aromatic rings. The first-order valence-electron chi connectivity index (χ1n) is 8.70. The molecule has 2 N–H and O–H groups in total. The number of hydrogen-bond acceptors (Lipinski definition) is 6. The molecule has 1 saturated heterocycles. The monoisotopic (exact) mass is 402 g/mol. The highest BCUT2D eigenvalue weighted by Gasteiger charge is 2.32. The molecule has 1 fully saturated rings. The molecule has 1 atom stereocenters. The molecule has 1 aromatic heterocycles. The molecule has 0 unspecified atom stereocenters. The van der Waals surface area contributed by atoms with Crippen molar-refractivity contribution >= 4 is 39.9 Å². The Morgan fingerprint density at radius 1 is 1.26 bits per heavy atom. The van der Waals surface area contributed by atoms with Gasteiger partial charge in [-0.15, -0.1) is 0 Å². The van der Waals surface area contributed by atoms with Gasteiger partial charge in [0.1, 0.15) is 24.5 Å². The van der Waals surface area contributed by atoms with E-state index >= 15 is 0 Å². The first-order valence-corrected chi connectivity index (χ1v) is 9.46. The number of piperazine rings is 1. The van der Waals surface area contributed by atoms with Gasteiger partial charge in [-0.05, 0) is 18.2 Å². The lowest BCUT2D eigenvalue weighted by molar-refractivity contribution is 0.274. The summed E-state index contributed by atoms with van der Waals surface area (Å²) < 4.78 is 6.14. The van der Waals surface area contributed by atoms with Crippen molar-refractivity contribution in [3.05, 3.63) is 40.6 Å². The summed E-state index contributed by atoms with van der Waals surface area (Å²) in [4.78, 5) is 11.2. The van der Waals surface area contributed by atoms with Crippen LogP contribution in [0.1, 0.15) is 0 Å². The molecule has 138 valence electrons. The summed E-state index contributed by atoms with van der Waals surface area (Å²) in [5.41, 5.74) is 1.76. The predicted molar refractivity (Wildman–Crippen MR) is 106 cm³/mol. The van der Waals surface area contributed by atoms with Crippen molar-refractivity contribution in [2.75, 3.05) is 31.1 Å². The first-order chi connectivity index (χ1) is 13.1. The Balaban J connectivity index is 1.80. The van der Waals surface area contributed by atoms with E-state index in [0.717, 1.165) is 30.8 Å². The van der Waals surface area contributed by atoms with Gasteiger partial charge in [-0.3, -0.25) is 0 Å². The second-order valence-electron chi connectivity index (χ2n) is 6.65. The SMILES string of the molecule is Oc1cccc(Cl)c1-c1cc2ncnc3c2c(c1Cl)OC[C@@H]1CNCCN31. The maximum atomic E-state index is 10.4. The number of anilines is 1. The van der Waals surface area contributed by atoms with Crippen LogP contribution in [0, 0.1) is 0 Å². The molecule has 0 spiro atoms. The van der Waals surface area contributed by atoms with Gasteiger partial charge in [0.2, 0.25) is 0 Å². The molecule has 0 saturated carbocycles. The average Bonchev–Trinajstić information content (AvgIpc) is 2.84. The van der Waals surface area contributed by atoms with Gasteiger partial charge >= 0.3 is 0 Å². The minimum Gasteiger partial charge on any atom is -0.507 e. The fourth-order valence-electron chi connectivity index (χ4n) is 3.83. The third kappa shape index (κ3) is 2.59. The van der Waals surface area contributed by atoms with Crippen LogP contribution in [-0.4, -0.2) is 47.4 Å². The van der Waals surface area contributed by atoms with Gasteiger partial charge in [0, 0.05) is 30.8 Å². The van der Waals surface area contributed by atoms with Crippen molar-refractivity contribution in [3.8, 4) is 22.6 Å². The van der Waals surface area contributed by atoms with Crippen LogP contribution in [-0.2, 0) is 0 Å². The molecule has 0 amide bonds. The lowest BCUT2D eigenvalue weighted by Gasteiger charge is -2.35. The number of halogens is 2. The summed E-state index contributed by atoms with van der Waals surface area (Å²) in [7, 11) is 0. The smallest absolute Gasteiger partial charge is 0.151 e. The van der Waals surface area contributed by atoms with Crippen molar-refractivity contribution in [1.29, 1.82) is 0 Å². The summed E-state index contributed by atoms with van der Waals surface area (Å²) in [5, 5.41) is 15.4. The van der Waals surface area contributed by atoms with E-state index in [1.165, 1.54) is 0 Å². The largest absolute Gasteiger partial charge is 0.507 e. The topological polar surface area (TPSA) is 70.5 Å². The Kier molecular flexibility index (Phi) is 4.00. The van der Waals surface area contributed by atoms with Crippen LogP contribution in [0.3, 0.4) is 0 Å². The zero-order valence-electron chi connectivity index (χ0n) is 14.2. The highest BCUT2D eigenvalue weighted by atomic mass is 35.5. The number of ether oxygens (including phenoxy) is 1. The van der Waals surface area contributed by atoms with Crippen molar-refractivity contribution in [2.24, 2.45) is 0 Å². The van der Waals surface area contributed by atoms with E-state index < -0.39 is 0 Å². The number of benzene rings is 2. The third-order valence-corrected chi connectivity index (χ3v) is 5.79. The second kappa shape index (κ2) is 6.41. The van der Waals surface area contributed by atoms with Gasteiger partial charge in [-0.2, -0.15) is 0 Å². The molecule has 0 radical (unpaired) electrons. The number of rotatable bonds is 1. The summed E-state index contributed by atoms with van der Waals surface area (Å²) in [6.45, 7) is 3.02. The highest BCUT2D eigenvalue weighted by molar-refractivity contribution is 6.39. The predicted octanol–water partition coefficient (Wildman–Crippen LogP) is 3.48. The number of hydrogen-bond donors (Lipinski definition) is 2. The van der Waals surface area contributed by atoms with E-state index in [-0.39, 0.29) is 11.8 Å². The summed E-state index contributed by atoms with van der Waals surface area (Å²) in [6.07, 6.45) is 1.55. The molecule has 0 aliphatic carbocycles. The van der Waals surface area contributed by atoms with Crippen LogP contribution in [0.2, 0.25) is 10.0 Å². The Morgan fingerprint density at radius 2 is 2.15 bits per heavy atom. The zero-order valence-corrected chi connectivity index (χ0v) is 15.8. The number of nitrogens with zero attached hydrogens (tertiary/aromatic N) is 3. The van der Waals surface area contributed by atoms with Crippen LogP contribution in [0.4, 0.5) is 5.82 Å². The van der Waals surface area contributed by atoms with Gasteiger partial charge in [-0.1, -0.05) is 29.3 Å². The minimum absolute atomic E-state index is 0.0560. The van der Waals surface area contributed by atoms with E-state index in [0.29, 0.717) is 39.0 Å². The van der Waals surface area contributed by atoms with Gasteiger partial charge in [0.25, 0.3) is 0 Å². The van der Waals surface area contributed by atoms with E-state index in [4.69, 9.17) is 27.9 Å². The molecule has 2 aliphatic heterocycles. The van der Waals surface area contributed by atoms with Gasteiger partial charge in [-0.25, -0.2) is 9.97 Å². The van der Waals surface area contributed by atoms with Crippen LogP contribution in [0.5, 0.6) is 11.5 Å². The summed E-state index contributed by atoms with van der Waals surface area (Å²) in [5.74, 6) is 1.42. The van der Waals surface area contributed by atoms with Crippen molar-refractivity contribution in [1.82, 2.24) is 15.3 Å². The maximum Gasteiger partial charge on any atom is 0.151 e. The molecule has 6 nitrogen and oxygen atoms in total. The number of aromatic nitrogens is 2. The van der Waals surface area contributed by atoms with Crippen LogP contribution in [0.15, 0.2) is 30.6 Å². The van der Waals surface area contributed by atoms with Crippen molar-refractivity contribution in [2.45, 2.75) is 6.04 Å². The fourth-order valence-corrected chi connectivity index (χ4v) is 4.40. The highest BCUT2D eigenvalue weighted by Crippen LogP contribution is 2.48. The zero-order chi connectivity index (χ0) is 18.5. The number of nitrogens with one attached hydrogen (secondary N) is 1. The van der Waals surface area contributed by atoms with Gasteiger partial charge in [0.15, 0.2) is 5.75 Å². The number of phenols is 1. The van der Waals surface area contributed by atoms with Crippen molar-refractivity contribution in [3.63, 3.8) is 0 Å². The molecule has 5 rings (SSSR count). The fraction of sp³-hybridized carbons (Fsp3) is 0.263. The van der Waals surface area contributed by atoms with E-state index in [1.54, 1.807) is 24.5 Å². The summed E-state index contributed by atoms with van der Waals surface area (Å²) in [6, 6.07) is 6.98. The minimum atomic E-state index is 0.0560. The Morgan fingerprint density at radius 3 is 3.00 bits per heavy atom. The van der Waals surface area contributed by atoms with Gasteiger partial charge in [0.05, 0.1) is 27.0 Å². The van der Waals surface area contributed by atoms with Crippen LogP contribution in [0.25, 0.3) is 22.0 Å². The number of aromatic hydroxyl groups is 1. The van der Waals surface area contributed by atoms with E-state index in [1.807, 2.05) is 6.07 Å². The normalized spacial score (nSPS) is 18.7. The Labute approximate surface area is 165 Å². The molecule has 8 heteroatoms. The number of phenolic OH excluding ortho intramolecular Hbond substituents is 1. The average molecular weight is 403 g/mol. The lowest BCUT2D eigenvalue weighted by atomic mass is 10.0. The van der Waals surface area contributed by atoms with E-state index in [2.05, 4.69) is 20.2 Å². The molecule has 0 bridgehead atoms. The third-order valence-electron chi connectivity index (χ3n) is 5.10. The lowest BCUT2D eigenvalue weighted by Crippen LogP contribution is -2.53. The first kappa shape index (κ1) is 16.9. The molecule has 2 aliphatic rings. The molecule has 3 heterocycles. The van der Waals surface area contributed by atoms with Crippen molar-refractivity contribution < 1.29 is 9.84 Å².